The van der Waals surface area contributed by atoms with E-state index in [0.29, 0.717) is 5.82 Å². The van der Waals surface area contributed by atoms with Crippen LogP contribution in [0.2, 0.25) is 0 Å². The number of rotatable bonds is 4. The summed E-state index contributed by atoms with van der Waals surface area (Å²) in [5.41, 5.74) is 2.79. The molecule has 6 heteroatoms. The molecule has 1 aromatic carbocycles. The second-order valence-electron chi connectivity index (χ2n) is 6.79. The molecule has 0 bridgehead atoms. The highest BCUT2D eigenvalue weighted by Gasteiger charge is 2.45. The minimum absolute atomic E-state index is 0.101. The van der Waals surface area contributed by atoms with Gasteiger partial charge in [-0.1, -0.05) is 12.1 Å². The van der Waals surface area contributed by atoms with Crippen molar-refractivity contribution in [1.29, 1.82) is 5.41 Å². The first-order valence-electron chi connectivity index (χ1n) is 8.63. The summed E-state index contributed by atoms with van der Waals surface area (Å²) < 4.78 is 0. The van der Waals surface area contributed by atoms with E-state index < -0.39 is 5.41 Å². The first kappa shape index (κ1) is 17.8. The zero-order chi connectivity index (χ0) is 18.9. The standard InChI is InChI=1S/C20H23N5O/c1-5-22-9-8-18(21)25-17-10-14(15-11-23-13(2)24-12-15)6-7-16(17)20(3,4)19(25)26/h6-12,21-22H,5H2,1-4H3/b9-8-,21-18?. The van der Waals surface area contributed by atoms with Gasteiger partial charge in [0.2, 0.25) is 5.91 Å². The van der Waals surface area contributed by atoms with Crippen molar-refractivity contribution in [1.82, 2.24) is 15.3 Å². The number of hydrogen-bond acceptors (Lipinski definition) is 5. The number of aromatic nitrogens is 2. The van der Waals surface area contributed by atoms with Crippen LogP contribution in [0.1, 0.15) is 32.2 Å². The largest absolute Gasteiger partial charge is 0.391 e. The Kier molecular flexibility index (Phi) is 4.59. The highest BCUT2D eigenvalue weighted by molar-refractivity contribution is 6.26. The Balaban J connectivity index is 2.05. The van der Waals surface area contributed by atoms with Crippen LogP contribution in [0.3, 0.4) is 0 Å². The molecule has 0 spiro atoms. The van der Waals surface area contributed by atoms with E-state index in [2.05, 4.69) is 15.3 Å². The third-order valence-corrected chi connectivity index (χ3v) is 4.57. The minimum Gasteiger partial charge on any atom is -0.391 e. The molecule has 1 amide bonds. The van der Waals surface area contributed by atoms with Crippen molar-refractivity contribution in [2.75, 3.05) is 11.4 Å². The van der Waals surface area contributed by atoms with Gasteiger partial charge in [0.25, 0.3) is 0 Å². The number of nitrogens with one attached hydrogen (secondary N) is 2. The summed E-state index contributed by atoms with van der Waals surface area (Å²) in [4.78, 5) is 22.9. The van der Waals surface area contributed by atoms with Gasteiger partial charge in [-0.2, -0.15) is 0 Å². The predicted octanol–water partition coefficient (Wildman–Crippen LogP) is 3.18. The molecule has 0 saturated carbocycles. The molecule has 6 nitrogen and oxygen atoms in total. The van der Waals surface area contributed by atoms with Crippen molar-refractivity contribution in [3.05, 3.63) is 54.3 Å². The Hall–Kier alpha value is -3.02. The van der Waals surface area contributed by atoms with E-state index in [-0.39, 0.29) is 11.7 Å². The van der Waals surface area contributed by atoms with Gasteiger partial charge < -0.3 is 5.32 Å². The van der Waals surface area contributed by atoms with E-state index in [4.69, 9.17) is 5.41 Å². The number of fused-ring (bicyclic) bond motifs is 1. The number of carbonyl (C=O) groups excluding carboxylic acids is 1. The van der Waals surface area contributed by atoms with Crippen LogP contribution < -0.4 is 10.2 Å². The molecule has 0 aliphatic carbocycles. The van der Waals surface area contributed by atoms with Crippen LogP contribution in [0, 0.1) is 12.3 Å². The van der Waals surface area contributed by atoms with Crippen molar-refractivity contribution in [2.45, 2.75) is 33.1 Å². The Bertz CT molecular complexity index is 884. The van der Waals surface area contributed by atoms with Gasteiger partial charge in [-0.25, -0.2) is 9.97 Å². The Morgan fingerprint density at radius 2 is 1.96 bits per heavy atom. The van der Waals surface area contributed by atoms with E-state index in [9.17, 15) is 4.79 Å². The van der Waals surface area contributed by atoms with Crippen LogP contribution >= 0.6 is 0 Å². The average Bonchev–Trinajstić information content (AvgIpc) is 2.82. The number of benzene rings is 1. The number of carbonyl (C=O) groups is 1. The van der Waals surface area contributed by atoms with Crippen molar-refractivity contribution < 1.29 is 4.79 Å². The third kappa shape index (κ3) is 2.98. The molecule has 0 radical (unpaired) electrons. The van der Waals surface area contributed by atoms with Gasteiger partial charge in [-0.3, -0.25) is 15.1 Å². The number of amidine groups is 1. The fraction of sp³-hybridized carbons (Fsp3) is 0.300. The summed E-state index contributed by atoms with van der Waals surface area (Å²) >= 11 is 0. The van der Waals surface area contributed by atoms with Crippen LogP contribution in [0.15, 0.2) is 42.9 Å². The van der Waals surface area contributed by atoms with E-state index >= 15 is 0 Å². The Morgan fingerprint density at radius 1 is 1.27 bits per heavy atom. The molecule has 0 unspecified atom stereocenters. The first-order chi connectivity index (χ1) is 12.4. The fourth-order valence-electron chi connectivity index (χ4n) is 3.04. The zero-order valence-electron chi connectivity index (χ0n) is 15.5. The van der Waals surface area contributed by atoms with Gasteiger partial charge in [-0.05, 0) is 51.0 Å². The maximum Gasteiger partial charge on any atom is 0.242 e. The number of amides is 1. The van der Waals surface area contributed by atoms with Gasteiger partial charge in [-0.15, -0.1) is 0 Å². The summed E-state index contributed by atoms with van der Waals surface area (Å²) in [5, 5.41) is 11.4. The topological polar surface area (TPSA) is 82.0 Å². The lowest BCUT2D eigenvalue weighted by Gasteiger charge is -2.19. The maximum atomic E-state index is 13.0. The third-order valence-electron chi connectivity index (χ3n) is 4.57. The normalized spacial score (nSPS) is 15.4. The van der Waals surface area contributed by atoms with Gasteiger partial charge in [0, 0.05) is 30.7 Å². The highest BCUT2D eigenvalue weighted by atomic mass is 16.2. The van der Waals surface area contributed by atoms with Crippen molar-refractivity contribution in [3.8, 4) is 11.1 Å². The lowest BCUT2D eigenvalue weighted by molar-refractivity contribution is -0.121. The lowest BCUT2D eigenvalue weighted by atomic mass is 9.85. The quantitative estimate of drug-likeness (QED) is 0.656. The molecule has 0 atom stereocenters. The molecule has 1 aliphatic heterocycles. The Labute approximate surface area is 153 Å². The number of hydrogen-bond donors (Lipinski definition) is 2. The van der Waals surface area contributed by atoms with Crippen LogP contribution in [0.5, 0.6) is 0 Å². The minimum atomic E-state index is -0.671. The highest BCUT2D eigenvalue weighted by Crippen LogP contribution is 2.43. The molecule has 2 aromatic rings. The summed E-state index contributed by atoms with van der Waals surface area (Å²) in [6.45, 7) is 8.36. The van der Waals surface area contributed by atoms with E-state index in [1.807, 2.05) is 45.9 Å². The van der Waals surface area contributed by atoms with Crippen molar-refractivity contribution in [2.24, 2.45) is 0 Å². The predicted molar refractivity (Wildman–Crippen MR) is 103 cm³/mol. The van der Waals surface area contributed by atoms with E-state index in [1.165, 1.54) is 4.90 Å². The molecular weight excluding hydrogens is 326 g/mol. The van der Waals surface area contributed by atoms with Crippen LogP contribution in [-0.2, 0) is 10.2 Å². The van der Waals surface area contributed by atoms with E-state index in [0.717, 1.165) is 28.9 Å². The molecule has 134 valence electrons. The van der Waals surface area contributed by atoms with Gasteiger partial charge in [0.1, 0.15) is 11.7 Å². The SMILES string of the molecule is CCN/C=C\C(=N)N1C(=O)C(C)(C)c2ccc(-c3cnc(C)nc3)cc21. The van der Waals surface area contributed by atoms with Gasteiger partial charge >= 0.3 is 0 Å². The van der Waals surface area contributed by atoms with Crippen molar-refractivity contribution in [3.63, 3.8) is 0 Å². The number of anilines is 1. The summed E-state index contributed by atoms with van der Waals surface area (Å²) in [6.07, 6.45) is 6.84. The second-order valence-corrected chi connectivity index (χ2v) is 6.79. The molecule has 1 aromatic heterocycles. The first-order valence-corrected chi connectivity index (χ1v) is 8.63. The molecule has 2 heterocycles. The summed E-state index contributed by atoms with van der Waals surface area (Å²) in [5.74, 6) is 0.749. The van der Waals surface area contributed by atoms with Gasteiger partial charge in [0.15, 0.2) is 0 Å². The molecular formula is C20H23N5O. The summed E-state index contributed by atoms with van der Waals surface area (Å²) in [7, 11) is 0. The number of aryl methyl sites for hydroxylation is 1. The molecule has 0 fully saturated rings. The summed E-state index contributed by atoms with van der Waals surface area (Å²) in [6, 6.07) is 5.87. The lowest BCUT2D eigenvalue weighted by Crippen LogP contribution is -2.39. The van der Waals surface area contributed by atoms with Crippen LogP contribution in [0.4, 0.5) is 5.69 Å². The zero-order valence-corrected chi connectivity index (χ0v) is 15.5. The molecule has 26 heavy (non-hydrogen) atoms. The van der Waals surface area contributed by atoms with E-state index in [1.54, 1.807) is 24.7 Å². The molecule has 0 saturated heterocycles. The molecule has 2 N–H and O–H groups in total. The van der Waals surface area contributed by atoms with Crippen molar-refractivity contribution >= 4 is 17.4 Å². The van der Waals surface area contributed by atoms with Gasteiger partial charge in [0.05, 0.1) is 11.1 Å². The number of nitrogens with zero attached hydrogens (tertiary/aromatic N) is 3. The fourth-order valence-corrected chi connectivity index (χ4v) is 3.04. The second kappa shape index (κ2) is 6.71. The smallest absolute Gasteiger partial charge is 0.242 e. The average molecular weight is 349 g/mol. The Morgan fingerprint density at radius 3 is 2.62 bits per heavy atom. The maximum absolute atomic E-state index is 13.0. The van der Waals surface area contributed by atoms with Crippen LogP contribution in [-0.4, -0.2) is 28.3 Å². The monoisotopic (exact) mass is 349 g/mol. The van der Waals surface area contributed by atoms with Crippen LogP contribution in [0.25, 0.3) is 11.1 Å². The molecule has 1 aliphatic rings. The molecule has 3 rings (SSSR count).